The summed E-state index contributed by atoms with van der Waals surface area (Å²) in [5.74, 6) is -4.93. The van der Waals surface area contributed by atoms with Gasteiger partial charge in [-0.3, -0.25) is 15.0 Å². The van der Waals surface area contributed by atoms with Gasteiger partial charge < -0.3 is 32.7 Å². The molecule has 22 heteroatoms. The molecule has 2 aromatic carbocycles. The van der Waals surface area contributed by atoms with Crippen molar-refractivity contribution in [3.63, 3.8) is 0 Å². The quantitative estimate of drug-likeness (QED) is 0.0774. The van der Waals surface area contributed by atoms with Crippen molar-refractivity contribution in [3.8, 4) is 33.8 Å². The zero-order valence-corrected chi connectivity index (χ0v) is 33.5. The molecule has 0 aliphatic carbocycles. The van der Waals surface area contributed by atoms with Gasteiger partial charge in [0.25, 0.3) is 11.1 Å². The number of halogens is 4. The van der Waals surface area contributed by atoms with Crippen molar-refractivity contribution in [1.82, 2.24) is 9.13 Å². The molecule has 0 radical (unpaired) electrons. The Kier molecular flexibility index (Phi) is 12.2. The molecule has 2 unspecified atom stereocenters. The molecule has 5 rings (SSSR count). The molecule has 0 spiro atoms. The molecule has 2 aromatic heterocycles. The Hall–Kier alpha value is -5.64. The number of aromatic nitrogens is 2. The molecule has 310 valence electrons. The Morgan fingerprint density at radius 2 is 1.21 bits per heavy atom. The van der Waals surface area contributed by atoms with E-state index in [9.17, 15) is 35.2 Å². The van der Waals surface area contributed by atoms with Gasteiger partial charge in [-0.2, -0.15) is 0 Å². The lowest BCUT2D eigenvalue weighted by Gasteiger charge is -2.29. The van der Waals surface area contributed by atoms with Crippen LogP contribution in [0.4, 0.5) is 17.6 Å². The topological polar surface area (TPSA) is 195 Å². The maximum atomic E-state index is 15.2. The maximum Gasteiger partial charge on any atom is 0.887 e. The molecule has 3 heterocycles. The summed E-state index contributed by atoms with van der Waals surface area (Å²) in [7, 11) is -7.79. The normalized spacial score (nSPS) is 15.1. The van der Waals surface area contributed by atoms with Crippen LogP contribution in [0.25, 0.3) is 22.3 Å². The molecule has 15 nitrogen and oxygen atoms in total. The van der Waals surface area contributed by atoms with Crippen LogP contribution in [0.1, 0.15) is 26.7 Å². The zero-order valence-electron chi connectivity index (χ0n) is 31.8. The third kappa shape index (κ3) is 8.61. The number of nitrogens with one attached hydrogen (secondary N) is 1. The Balaban J connectivity index is 1.30. The maximum absolute atomic E-state index is 15.2. The number of oxime groups is 1. The number of benzene rings is 2. The lowest BCUT2D eigenvalue weighted by molar-refractivity contribution is 0.237. The van der Waals surface area contributed by atoms with E-state index in [4.69, 9.17) is 28.9 Å². The van der Waals surface area contributed by atoms with Gasteiger partial charge >= 0.3 is 7.32 Å². The van der Waals surface area contributed by atoms with Gasteiger partial charge in [-0.1, -0.05) is 5.16 Å². The zero-order chi connectivity index (χ0) is 43.0. The van der Waals surface area contributed by atoms with Gasteiger partial charge in [-0.05, 0) is 51.0 Å². The van der Waals surface area contributed by atoms with Crippen LogP contribution in [-0.4, -0.2) is 81.3 Å². The third-order valence-electron chi connectivity index (χ3n) is 9.96. The number of methoxy groups -OCH3 is 2. The summed E-state index contributed by atoms with van der Waals surface area (Å²) in [6, 6.07) is 8.93. The minimum absolute atomic E-state index is 0.167. The number of hydrogen-bond acceptors (Lipinski definition) is 13. The minimum atomic E-state index is -4.25. The van der Waals surface area contributed by atoms with Gasteiger partial charge in [-0.25, -0.2) is 34.4 Å². The summed E-state index contributed by atoms with van der Waals surface area (Å²) in [5, 5.41) is 12.2. The van der Waals surface area contributed by atoms with E-state index in [-0.39, 0.29) is 33.8 Å². The van der Waals surface area contributed by atoms with Crippen molar-refractivity contribution in [3.05, 3.63) is 105 Å². The van der Waals surface area contributed by atoms with E-state index in [2.05, 4.69) is 5.16 Å². The van der Waals surface area contributed by atoms with E-state index >= 15 is 8.78 Å². The van der Waals surface area contributed by atoms with Gasteiger partial charge in [0.05, 0.1) is 14.2 Å². The second kappa shape index (κ2) is 16.3. The molecule has 0 amide bonds. The van der Waals surface area contributed by atoms with E-state index in [1.165, 1.54) is 45.4 Å². The highest BCUT2D eigenvalue weighted by atomic mass is 32.2. The van der Waals surface area contributed by atoms with E-state index in [0.717, 1.165) is 65.2 Å². The van der Waals surface area contributed by atoms with Crippen LogP contribution in [0, 0.1) is 28.7 Å². The molecule has 1 aliphatic heterocycles. The molecule has 0 saturated heterocycles. The van der Waals surface area contributed by atoms with Gasteiger partial charge in [0, 0.05) is 84.5 Å². The molecule has 58 heavy (non-hydrogen) atoms. The molecule has 2 atom stereocenters. The van der Waals surface area contributed by atoms with Crippen molar-refractivity contribution in [2.45, 2.75) is 49.3 Å². The largest absolute Gasteiger partial charge is 0.887 e. The van der Waals surface area contributed by atoms with Crippen molar-refractivity contribution >= 4 is 38.8 Å². The first-order valence-corrected chi connectivity index (χ1v) is 20.8. The smallest absolute Gasteiger partial charge is 0.497 e. The van der Waals surface area contributed by atoms with Crippen LogP contribution in [0.5, 0.6) is 11.5 Å². The predicted molar refractivity (Wildman–Crippen MR) is 205 cm³/mol. The number of rotatable bonds is 15. The predicted octanol–water partition coefficient (Wildman–Crippen LogP) is 4.34. The fourth-order valence-corrected chi connectivity index (χ4v) is 7.55. The monoisotopic (exact) mass is 852 g/mol. The number of hydrogen-bond donors (Lipinski definition) is 1. The lowest BCUT2D eigenvalue weighted by atomic mass is 10.0. The second-order valence-corrected chi connectivity index (χ2v) is 18.6. The summed E-state index contributed by atoms with van der Waals surface area (Å²) in [4.78, 5) is 26.0. The van der Waals surface area contributed by atoms with Crippen LogP contribution in [0.2, 0.25) is 0 Å². The number of aryl methyl sites for hydroxylation is 2. The molecular formula is C36H37BF4N4O11S2. The highest BCUT2D eigenvalue weighted by Gasteiger charge is 2.53. The summed E-state index contributed by atoms with van der Waals surface area (Å²) < 4.78 is 135. The summed E-state index contributed by atoms with van der Waals surface area (Å²) >= 11 is 0. The first kappa shape index (κ1) is 43.5. The van der Waals surface area contributed by atoms with Crippen LogP contribution >= 0.6 is 0 Å². The number of sulfone groups is 2. The average Bonchev–Trinajstić information content (AvgIpc) is 3.63. The van der Waals surface area contributed by atoms with Gasteiger partial charge in [0.15, 0.2) is 25.6 Å². The lowest BCUT2D eigenvalue weighted by Crippen LogP contribution is -2.49. The van der Waals surface area contributed by atoms with E-state index in [1.807, 2.05) is 0 Å². The first-order valence-electron chi connectivity index (χ1n) is 17.1. The average molecular weight is 853 g/mol. The summed E-state index contributed by atoms with van der Waals surface area (Å²) in [6.07, 6.45) is 2.18. The fraction of sp³-hybridized carbons (Fsp3) is 0.333. The molecule has 4 aromatic rings. The number of nitrogens with zero attached hydrogens (tertiary/aromatic N) is 3. The van der Waals surface area contributed by atoms with E-state index in [1.54, 1.807) is 0 Å². The molecular weight excluding hydrogens is 815 g/mol. The molecule has 0 saturated carbocycles. The van der Waals surface area contributed by atoms with E-state index < -0.39 is 109 Å². The SMILES string of the molecule is COc1ccc(-c2cc(=O)n(CCC(C)(C(=N)OB3ON=C(C(C)(CCn4cc(F)c(-c5ccc(OC)cc5F)cc4=O)S(C)(=O)=O)O3)S(C)(=O)=O)cc2F)c(F)c1. The number of ether oxygens (including phenoxy) is 2. The number of pyridine rings is 2. The Labute approximate surface area is 330 Å². The van der Waals surface area contributed by atoms with Crippen molar-refractivity contribution in [2.24, 2.45) is 5.16 Å². The molecule has 0 fully saturated rings. The third-order valence-corrected chi connectivity index (χ3v) is 14.0. The van der Waals surface area contributed by atoms with Crippen LogP contribution in [-0.2, 0) is 46.8 Å². The standard InChI is InChI=1S/C36H37BF4N4O11S2/c1-35(57(5,48)49,11-13-44-19-29(40)25(17-31(44)46)23-9-7-21(52-3)15-27(23)38)33(42)54-37-55-34(43-56-37)36(2,58(6,50)51)12-14-45-20-30(41)26(18-32(45)47)24-10-8-22(53-4)16-28(24)39/h7-10,15-20,42H,11-14H2,1-6H3. The Morgan fingerprint density at radius 3 is 1.62 bits per heavy atom. The van der Waals surface area contributed by atoms with Crippen LogP contribution in [0.3, 0.4) is 0 Å². The highest BCUT2D eigenvalue weighted by molar-refractivity contribution is 7.93. The summed E-state index contributed by atoms with van der Waals surface area (Å²) in [6.45, 7) is 1.38. The van der Waals surface area contributed by atoms with Gasteiger partial charge in [-0.15, -0.1) is 0 Å². The molecule has 0 bridgehead atoms. The molecule has 1 N–H and O–H groups in total. The van der Waals surface area contributed by atoms with Crippen molar-refractivity contribution < 1.29 is 57.9 Å². The van der Waals surface area contributed by atoms with E-state index in [0.29, 0.717) is 0 Å². The highest BCUT2D eigenvalue weighted by Crippen LogP contribution is 2.32. The van der Waals surface area contributed by atoms with Gasteiger partial charge in [0.1, 0.15) is 44.3 Å². The first-order chi connectivity index (χ1) is 27.0. The Bertz CT molecular complexity index is 2660. The minimum Gasteiger partial charge on any atom is -0.497 e. The Morgan fingerprint density at radius 1 is 0.741 bits per heavy atom. The second-order valence-electron chi connectivity index (χ2n) is 13.7. The van der Waals surface area contributed by atoms with Gasteiger partial charge in [0.2, 0.25) is 5.90 Å². The van der Waals surface area contributed by atoms with Crippen molar-refractivity contribution in [2.75, 3.05) is 26.7 Å². The molecule has 1 aliphatic rings. The van der Waals surface area contributed by atoms with Crippen molar-refractivity contribution in [1.29, 1.82) is 5.41 Å². The summed E-state index contributed by atoms with van der Waals surface area (Å²) in [5.41, 5.74) is -2.74. The van der Waals surface area contributed by atoms with Crippen LogP contribution < -0.4 is 20.6 Å². The van der Waals surface area contributed by atoms with Crippen LogP contribution in [0.15, 0.2) is 75.7 Å². The fourth-order valence-electron chi connectivity index (χ4n) is 5.83.